The van der Waals surface area contributed by atoms with Crippen molar-refractivity contribution in [2.75, 3.05) is 20.2 Å². The number of hydrogen-bond acceptors (Lipinski definition) is 3. The van der Waals surface area contributed by atoms with E-state index in [0.717, 1.165) is 0 Å². The Morgan fingerprint density at radius 2 is 2.10 bits per heavy atom. The summed E-state index contributed by atoms with van der Waals surface area (Å²) < 4.78 is 5.51. The number of para-hydroxylation sites is 1. The number of rotatable bonds is 5. The number of carbonyl (C=O) groups is 1. The number of benzene rings is 1. The number of aromatic nitrogens is 1. The molecule has 1 heterocycles. The fraction of sp³-hybridized carbons (Fsp3) is 0.200. The number of hydrogen-bond donors (Lipinski definition) is 1. The van der Waals surface area contributed by atoms with Gasteiger partial charge in [-0.05, 0) is 12.1 Å². The molecule has 0 bridgehead atoms. The maximum atomic E-state index is 12.1. The molecule has 6 heteroatoms. The van der Waals surface area contributed by atoms with Crippen LogP contribution in [0.15, 0.2) is 47.5 Å². The average Bonchev–Trinajstić information content (AvgIpc) is 2.49. The zero-order valence-corrected chi connectivity index (χ0v) is 12.3. The second-order valence-corrected chi connectivity index (χ2v) is 4.84. The molecule has 1 amide bonds. The molecule has 1 N–H and O–H groups in total. The number of amides is 1. The van der Waals surface area contributed by atoms with Crippen LogP contribution in [0.1, 0.15) is 10.4 Å². The summed E-state index contributed by atoms with van der Waals surface area (Å²) >= 11 is 5.97. The zero-order valence-electron chi connectivity index (χ0n) is 11.5. The normalized spacial score (nSPS) is 10.2. The van der Waals surface area contributed by atoms with E-state index >= 15 is 0 Å². The van der Waals surface area contributed by atoms with E-state index in [4.69, 9.17) is 16.3 Å². The van der Waals surface area contributed by atoms with Crippen LogP contribution in [0.25, 0.3) is 0 Å². The van der Waals surface area contributed by atoms with E-state index < -0.39 is 0 Å². The number of likely N-dealkylation sites (N-methyl/N-ethyl adjacent to an activating group) is 1. The van der Waals surface area contributed by atoms with Crippen LogP contribution >= 0.6 is 11.6 Å². The van der Waals surface area contributed by atoms with E-state index in [1.165, 1.54) is 23.4 Å². The Labute approximate surface area is 127 Å². The predicted octanol–water partition coefficient (Wildman–Crippen LogP) is 2.18. The smallest absolute Gasteiger partial charge is 0.259 e. The number of halogens is 1. The molecule has 0 unspecified atom stereocenters. The van der Waals surface area contributed by atoms with Gasteiger partial charge < -0.3 is 14.6 Å². The van der Waals surface area contributed by atoms with Crippen molar-refractivity contribution in [3.05, 3.63) is 63.5 Å². The SMILES string of the molecule is CN(CCOc1ccccc1Cl)C(=O)c1c[nH]ccc1=O. The highest BCUT2D eigenvalue weighted by atomic mass is 35.5. The number of carbonyl (C=O) groups excluding carboxylic acids is 1. The fourth-order valence-electron chi connectivity index (χ4n) is 1.74. The van der Waals surface area contributed by atoms with Gasteiger partial charge in [-0.2, -0.15) is 0 Å². The molecule has 2 rings (SSSR count). The zero-order chi connectivity index (χ0) is 15.2. The van der Waals surface area contributed by atoms with Crippen LogP contribution in [0.3, 0.4) is 0 Å². The number of pyridine rings is 1. The fourth-order valence-corrected chi connectivity index (χ4v) is 1.94. The highest BCUT2D eigenvalue weighted by molar-refractivity contribution is 6.32. The predicted molar refractivity (Wildman–Crippen MR) is 81.0 cm³/mol. The van der Waals surface area contributed by atoms with Crippen LogP contribution in [0, 0.1) is 0 Å². The molecule has 1 aromatic heterocycles. The van der Waals surface area contributed by atoms with Crippen molar-refractivity contribution < 1.29 is 9.53 Å². The van der Waals surface area contributed by atoms with Crippen molar-refractivity contribution >= 4 is 17.5 Å². The van der Waals surface area contributed by atoms with Gasteiger partial charge in [0.2, 0.25) is 0 Å². The Hall–Kier alpha value is -2.27. The van der Waals surface area contributed by atoms with Crippen LogP contribution in [0.2, 0.25) is 5.02 Å². The Balaban J connectivity index is 1.92. The molecule has 0 radical (unpaired) electrons. The van der Waals surface area contributed by atoms with Crippen molar-refractivity contribution in [3.63, 3.8) is 0 Å². The molecule has 0 aliphatic heterocycles. The van der Waals surface area contributed by atoms with Crippen molar-refractivity contribution in [3.8, 4) is 5.75 Å². The van der Waals surface area contributed by atoms with Crippen LogP contribution in [-0.2, 0) is 0 Å². The van der Waals surface area contributed by atoms with Crippen LogP contribution in [0.5, 0.6) is 5.75 Å². The second kappa shape index (κ2) is 6.95. The Morgan fingerprint density at radius 3 is 2.81 bits per heavy atom. The van der Waals surface area contributed by atoms with Gasteiger partial charge in [-0.1, -0.05) is 23.7 Å². The van der Waals surface area contributed by atoms with Gasteiger partial charge in [-0.25, -0.2) is 0 Å². The Morgan fingerprint density at radius 1 is 1.33 bits per heavy atom. The van der Waals surface area contributed by atoms with Gasteiger partial charge in [-0.15, -0.1) is 0 Å². The minimum atomic E-state index is -0.348. The standard InChI is InChI=1S/C15H15ClN2O3/c1-18(15(20)11-10-17-7-6-13(11)19)8-9-21-14-5-3-2-4-12(14)16/h2-7,10H,8-9H2,1H3,(H,17,19). The molecule has 21 heavy (non-hydrogen) atoms. The van der Waals surface area contributed by atoms with E-state index in [0.29, 0.717) is 17.3 Å². The van der Waals surface area contributed by atoms with Gasteiger partial charge in [0.1, 0.15) is 17.9 Å². The van der Waals surface area contributed by atoms with Crippen LogP contribution in [-0.4, -0.2) is 36.0 Å². The largest absolute Gasteiger partial charge is 0.490 e. The lowest BCUT2D eigenvalue weighted by molar-refractivity contribution is 0.0772. The van der Waals surface area contributed by atoms with Gasteiger partial charge in [0, 0.05) is 25.5 Å². The molecule has 1 aromatic carbocycles. The van der Waals surface area contributed by atoms with Crippen LogP contribution < -0.4 is 10.2 Å². The number of ether oxygens (including phenoxy) is 1. The molecule has 0 saturated heterocycles. The summed E-state index contributed by atoms with van der Waals surface area (Å²) in [5.41, 5.74) is -0.199. The van der Waals surface area contributed by atoms with Crippen molar-refractivity contribution in [1.29, 1.82) is 0 Å². The van der Waals surface area contributed by atoms with Crippen molar-refractivity contribution in [2.45, 2.75) is 0 Å². The molecular weight excluding hydrogens is 292 g/mol. The minimum absolute atomic E-state index is 0.109. The van der Waals surface area contributed by atoms with Crippen molar-refractivity contribution in [2.24, 2.45) is 0 Å². The van der Waals surface area contributed by atoms with Gasteiger partial charge >= 0.3 is 0 Å². The first-order chi connectivity index (χ1) is 10.1. The monoisotopic (exact) mass is 306 g/mol. The quantitative estimate of drug-likeness (QED) is 0.921. The first-order valence-corrected chi connectivity index (χ1v) is 6.77. The maximum Gasteiger partial charge on any atom is 0.259 e. The molecule has 0 atom stereocenters. The topological polar surface area (TPSA) is 62.4 Å². The lowest BCUT2D eigenvalue weighted by Crippen LogP contribution is -2.33. The molecule has 0 fully saturated rings. The summed E-state index contributed by atoms with van der Waals surface area (Å²) in [6.45, 7) is 0.634. The highest BCUT2D eigenvalue weighted by Gasteiger charge is 2.14. The third-order valence-corrected chi connectivity index (χ3v) is 3.23. The number of nitrogens with one attached hydrogen (secondary N) is 1. The first-order valence-electron chi connectivity index (χ1n) is 6.39. The summed E-state index contributed by atoms with van der Waals surface area (Å²) in [6.07, 6.45) is 2.88. The maximum absolute atomic E-state index is 12.1. The third-order valence-electron chi connectivity index (χ3n) is 2.92. The van der Waals surface area contributed by atoms with E-state index in [9.17, 15) is 9.59 Å². The Bertz CT molecular complexity index is 684. The Kier molecular flexibility index (Phi) is 5.00. The van der Waals surface area contributed by atoms with Gasteiger partial charge in [0.15, 0.2) is 5.43 Å². The van der Waals surface area contributed by atoms with Gasteiger partial charge in [-0.3, -0.25) is 9.59 Å². The van der Waals surface area contributed by atoms with E-state index in [-0.39, 0.29) is 23.5 Å². The third kappa shape index (κ3) is 3.86. The first kappa shape index (κ1) is 15.1. The number of H-pyrrole nitrogens is 1. The van der Waals surface area contributed by atoms with E-state index in [2.05, 4.69) is 4.98 Å². The molecule has 0 aliphatic rings. The molecule has 0 aliphatic carbocycles. The summed E-state index contributed by atoms with van der Waals surface area (Å²) in [6, 6.07) is 8.44. The molecular formula is C15H15ClN2O3. The number of aromatic amines is 1. The molecule has 5 nitrogen and oxygen atoms in total. The number of nitrogens with zero attached hydrogens (tertiary/aromatic N) is 1. The lowest BCUT2D eigenvalue weighted by Gasteiger charge is -2.17. The van der Waals surface area contributed by atoms with Crippen LogP contribution in [0.4, 0.5) is 0 Å². The van der Waals surface area contributed by atoms with E-state index in [1.54, 1.807) is 19.2 Å². The summed E-state index contributed by atoms with van der Waals surface area (Å²) in [5, 5.41) is 0.519. The molecule has 110 valence electrons. The second-order valence-electron chi connectivity index (χ2n) is 4.43. The molecule has 0 saturated carbocycles. The lowest BCUT2D eigenvalue weighted by atomic mass is 10.2. The average molecular weight is 307 g/mol. The summed E-state index contributed by atoms with van der Waals surface area (Å²) in [7, 11) is 1.62. The molecule has 0 spiro atoms. The minimum Gasteiger partial charge on any atom is -0.490 e. The molecule has 2 aromatic rings. The van der Waals surface area contributed by atoms with E-state index in [1.807, 2.05) is 12.1 Å². The highest BCUT2D eigenvalue weighted by Crippen LogP contribution is 2.22. The van der Waals surface area contributed by atoms with Gasteiger partial charge in [0.05, 0.1) is 11.6 Å². The van der Waals surface area contributed by atoms with Crippen molar-refractivity contribution in [1.82, 2.24) is 9.88 Å². The van der Waals surface area contributed by atoms with Gasteiger partial charge in [0.25, 0.3) is 5.91 Å². The summed E-state index contributed by atoms with van der Waals surface area (Å²) in [4.78, 5) is 27.9. The summed E-state index contributed by atoms with van der Waals surface area (Å²) in [5.74, 6) is 0.220.